The fraction of sp³-hybridized carbons (Fsp3) is 0.292. The lowest BCUT2D eigenvalue weighted by atomic mass is 9.94. The Balaban J connectivity index is 1.38. The standard InChI is InChI=1S/C24H24ClN3O2/c1-17-7-2-4-10-20(17)24-26-22(30-27-24)15-18-8-6-14-28(16-18)23(29)13-12-19-9-3-5-11-21(19)25/h2-5,7,9-13,18H,6,8,14-16H2,1H3. The zero-order valence-corrected chi connectivity index (χ0v) is 17.7. The fourth-order valence-electron chi connectivity index (χ4n) is 3.83. The van der Waals surface area contributed by atoms with Crippen molar-refractivity contribution in [2.45, 2.75) is 26.2 Å². The molecule has 154 valence electrons. The molecule has 1 fully saturated rings. The van der Waals surface area contributed by atoms with Crippen LogP contribution in [0.2, 0.25) is 5.02 Å². The van der Waals surface area contributed by atoms with Gasteiger partial charge in [-0.3, -0.25) is 4.79 Å². The second-order valence-electron chi connectivity index (χ2n) is 7.68. The zero-order valence-electron chi connectivity index (χ0n) is 16.9. The summed E-state index contributed by atoms with van der Waals surface area (Å²) in [6.45, 7) is 3.49. The predicted molar refractivity (Wildman–Crippen MR) is 118 cm³/mol. The zero-order chi connectivity index (χ0) is 20.9. The van der Waals surface area contributed by atoms with Crippen LogP contribution in [0.1, 0.15) is 29.9 Å². The Hall–Kier alpha value is -2.92. The summed E-state index contributed by atoms with van der Waals surface area (Å²) in [5, 5.41) is 4.79. The highest BCUT2D eigenvalue weighted by Crippen LogP contribution is 2.24. The van der Waals surface area contributed by atoms with Gasteiger partial charge in [0.25, 0.3) is 0 Å². The molecule has 0 aliphatic carbocycles. The highest BCUT2D eigenvalue weighted by molar-refractivity contribution is 6.32. The van der Waals surface area contributed by atoms with Crippen LogP contribution in [0.4, 0.5) is 0 Å². The topological polar surface area (TPSA) is 59.2 Å². The van der Waals surface area contributed by atoms with E-state index in [0.29, 0.717) is 35.6 Å². The minimum absolute atomic E-state index is 0.00532. The van der Waals surface area contributed by atoms with Gasteiger partial charge in [-0.05, 0) is 49.0 Å². The third-order valence-corrected chi connectivity index (χ3v) is 5.80. The number of hydrogen-bond donors (Lipinski definition) is 0. The molecule has 0 radical (unpaired) electrons. The lowest BCUT2D eigenvalue weighted by molar-refractivity contribution is -0.127. The van der Waals surface area contributed by atoms with Crippen molar-refractivity contribution in [2.24, 2.45) is 5.92 Å². The summed E-state index contributed by atoms with van der Waals surface area (Å²) in [5.41, 5.74) is 2.94. The summed E-state index contributed by atoms with van der Waals surface area (Å²) in [6, 6.07) is 15.5. The molecule has 0 spiro atoms. The molecule has 1 aliphatic heterocycles. The van der Waals surface area contributed by atoms with Gasteiger partial charge in [-0.15, -0.1) is 0 Å². The quantitative estimate of drug-likeness (QED) is 0.532. The normalized spacial score (nSPS) is 16.9. The van der Waals surface area contributed by atoms with Crippen LogP contribution in [0.15, 0.2) is 59.1 Å². The van der Waals surface area contributed by atoms with Gasteiger partial charge in [-0.1, -0.05) is 59.2 Å². The van der Waals surface area contributed by atoms with Crippen LogP contribution >= 0.6 is 11.6 Å². The summed E-state index contributed by atoms with van der Waals surface area (Å²) in [7, 11) is 0. The Morgan fingerprint density at radius 1 is 1.23 bits per heavy atom. The average molecular weight is 422 g/mol. The third kappa shape index (κ3) is 4.79. The molecule has 3 aromatic rings. The Labute approximate surface area is 181 Å². The van der Waals surface area contributed by atoms with Crippen LogP contribution in [-0.2, 0) is 11.2 Å². The monoisotopic (exact) mass is 421 g/mol. The summed E-state index contributed by atoms with van der Waals surface area (Å²) < 4.78 is 5.50. The predicted octanol–water partition coefficient (Wildman–Crippen LogP) is 5.19. The van der Waals surface area contributed by atoms with E-state index in [-0.39, 0.29) is 5.91 Å². The van der Waals surface area contributed by atoms with E-state index in [9.17, 15) is 4.79 Å². The second-order valence-corrected chi connectivity index (χ2v) is 8.09. The molecule has 1 aliphatic rings. The van der Waals surface area contributed by atoms with Crippen LogP contribution in [0, 0.1) is 12.8 Å². The Kier molecular flexibility index (Phi) is 6.29. The van der Waals surface area contributed by atoms with E-state index in [1.165, 1.54) is 0 Å². The molecule has 6 heteroatoms. The maximum atomic E-state index is 12.7. The molecule has 1 unspecified atom stereocenters. The highest BCUT2D eigenvalue weighted by atomic mass is 35.5. The summed E-state index contributed by atoms with van der Waals surface area (Å²) in [6.07, 6.45) is 6.07. The minimum Gasteiger partial charge on any atom is -0.339 e. The number of piperidine rings is 1. The lowest BCUT2D eigenvalue weighted by Gasteiger charge is -2.31. The van der Waals surface area contributed by atoms with Crippen molar-refractivity contribution in [2.75, 3.05) is 13.1 Å². The van der Waals surface area contributed by atoms with Gasteiger partial charge in [0, 0.05) is 36.2 Å². The van der Waals surface area contributed by atoms with Crippen LogP contribution < -0.4 is 0 Å². The lowest BCUT2D eigenvalue weighted by Crippen LogP contribution is -2.39. The average Bonchev–Trinajstić information content (AvgIpc) is 3.21. The van der Waals surface area contributed by atoms with Gasteiger partial charge in [0.1, 0.15) is 0 Å². The van der Waals surface area contributed by atoms with Crippen molar-refractivity contribution in [3.8, 4) is 11.4 Å². The van der Waals surface area contributed by atoms with E-state index >= 15 is 0 Å². The molecular weight excluding hydrogens is 398 g/mol. The van der Waals surface area contributed by atoms with Crippen LogP contribution in [0.5, 0.6) is 0 Å². The molecule has 30 heavy (non-hydrogen) atoms. The number of rotatable bonds is 5. The van der Waals surface area contributed by atoms with Crippen molar-refractivity contribution in [3.05, 3.63) is 76.6 Å². The van der Waals surface area contributed by atoms with Crippen LogP contribution in [-0.4, -0.2) is 34.0 Å². The summed E-state index contributed by atoms with van der Waals surface area (Å²) in [4.78, 5) is 19.1. The molecule has 5 nitrogen and oxygen atoms in total. The summed E-state index contributed by atoms with van der Waals surface area (Å²) in [5.74, 6) is 1.56. The van der Waals surface area contributed by atoms with Gasteiger partial charge in [0.15, 0.2) is 0 Å². The number of carbonyl (C=O) groups excluding carboxylic acids is 1. The molecular formula is C24H24ClN3O2. The number of halogens is 1. The first-order chi connectivity index (χ1) is 14.6. The van der Waals surface area contributed by atoms with Gasteiger partial charge in [-0.25, -0.2) is 0 Å². The molecule has 0 bridgehead atoms. The maximum Gasteiger partial charge on any atom is 0.246 e. The third-order valence-electron chi connectivity index (χ3n) is 5.46. The number of aromatic nitrogens is 2. The smallest absolute Gasteiger partial charge is 0.246 e. The highest BCUT2D eigenvalue weighted by Gasteiger charge is 2.24. The minimum atomic E-state index is 0.00532. The van der Waals surface area contributed by atoms with E-state index in [0.717, 1.165) is 36.1 Å². The number of aryl methyl sites for hydroxylation is 1. The van der Waals surface area contributed by atoms with Gasteiger partial charge in [-0.2, -0.15) is 4.98 Å². The molecule has 2 heterocycles. The van der Waals surface area contributed by atoms with E-state index in [1.54, 1.807) is 12.2 Å². The molecule has 2 aromatic carbocycles. The Morgan fingerprint density at radius 2 is 2.03 bits per heavy atom. The van der Waals surface area contributed by atoms with Gasteiger partial charge >= 0.3 is 0 Å². The van der Waals surface area contributed by atoms with E-state index in [2.05, 4.69) is 10.1 Å². The Morgan fingerprint density at radius 3 is 2.87 bits per heavy atom. The van der Waals surface area contributed by atoms with Crippen LogP contribution in [0.25, 0.3) is 17.5 Å². The van der Waals surface area contributed by atoms with E-state index in [1.807, 2.05) is 60.4 Å². The van der Waals surface area contributed by atoms with E-state index in [4.69, 9.17) is 16.1 Å². The number of hydrogen-bond acceptors (Lipinski definition) is 4. The first-order valence-electron chi connectivity index (χ1n) is 10.2. The molecule has 0 saturated carbocycles. The molecule has 4 rings (SSSR count). The number of carbonyl (C=O) groups is 1. The number of likely N-dealkylation sites (tertiary alicyclic amines) is 1. The number of amides is 1. The van der Waals surface area contributed by atoms with Gasteiger partial charge < -0.3 is 9.42 Å². The second kappa shape index (κ2) is 9.26. The SMILES string of the molecule is Cc1ccccc1-c1noc(CC2CCCN(C(=O)C=Cc3ccccc3Cl)C2)n1. The van der Waals surface area contributed by atoms with Crippen molar-refractivity contribution in [1.29, 1.82) is 0 Å². The summed E-state index contributed by atoms with van der Waals surface area (Å²) >= 11 is 6.16. The number of benzene rings is 2. The molecule has 1 saturated heterocycles. The molecule has 1 aromatic heterocycles. The molecule has 0 N–H and O–H groups in total. The van der Waals surface area contributed by atoms with Gasteiger partial charge in [0.2, 0.25) is 17.6 Å². The first-order valence-corrected chi connectivity index (χ1v) is 10.6. The van der Waals surface area contributed by atoms with Gasteiger partial charge in [0.05, 0.1) is 0 Å². The maximum absolute atomic E-state index is 12.7. The first kappa shape index (κ1) is 20.4. The van der Waals surface area contributed by atoms with Crippen molar-refractivity contribution >= 4 is 23.6 Å². The van der Waals surface area contributed by atoms with Crippen molar-refractivity contribution in [3.63, 3.8) is 0 Å². The van der Waals surface area contributed by atoms with E-state index < -0.39 is 0 Å². The fourth-order valence-corrected chi connectivity index (χ4v) is 4.03. The van der Waals surface area contributed by atoms with Crippen molar-refractivity contribution < 1.29 is 9.32 Å². The van der Waals surface area contributed by atoms with Crippen LogP contribution in [0.3, 0.4) is 0 Å². The largest absolute Gasteiger partial charge is 0.339 e. The molecule has 1 atom stereocenters. The van der Waals surface area contributed by atoms with Crippen molar-refractivity contribution in [1.82, 2.24) is 15.0 Å². The Bertz CT molecular complexity index is 1060. The molecule has 1 amide bonds. The number of nitrogens with zero attached hydrogens (tertiary/aromatic N) is 3.